The van der Waals surface area contributed by atoms with Gasteiger partial charge in [0.1, 0.15) is 0 Å². The molecule has 2 heteroatoms. The van der Waals surface area contributed by atoms with Crippen LogP contribution in [0.25, 0.3) is 0 Å². The van der Waals surface area contributed by atoms with Crippen LogP contribution in [-0.4, -0.2) is 22.4 Å². The molecular weight excluding hydrogens is 176 g/mol. The monoisotopic (exact) mass is 192 g/mol. The summed E-state index contributed by atoms with van der Waals surface area (Å²) in [7, 11) is 0. The Morgan fingerprint density at radius 2 is 1.14 bits per heavy atom. The van der Waals surface area contributed by atoms with Gasteiger partial charge < -0.3 is 10.2 Å². The van der Waals surface area contributed by atoms with E-state index in [0.717, 1.165) is 12.8 Å². The predicted molar refractivity (Wildman–Crippen MR) is 53.5 cm³/mol. The number of rotatable bonds is 0. The number of aliphatic hydroxyl groups is 2. The number of aliphatic hydroxyl groups excluding tert-OH is 2. The van der Waals surface area contributed by atoms with Crippen molar-refractivity contribution in [2.24, 2.45) is 23.7 Å². The summed E-state index contributed by atoms with van der Waals surface area (Å²) in [5.74, 6) is 2.10. The van der Waals surface area contributed by atoms with Gasteiger partial charge in [-0.25, -0.2) is 0 Å². The van der Waals surface area contributed by atoms with Gasteiger partial charge in [0.15, 0.2) is 0 Å². The zero-order chi connectivity index (χ0) is 9.71. The second-order valence-electron chi connectivity index (χ2n) is 4.86. The third-order valence-corrected chi connectivity index (χ3v) is 4.07. The van der Waals surface area contributed by atoms with Gasteiger partial charge in [-0.05, 0) is 36.5 Å². The van der Waals surface area contributed by atoms with Gasteiger partial charge in [0.25, 0.3) is 0 Å². The third kappa shape index (κ3) is 1.11. The standard InChI is InChI=1S/C12H16O2/c13-11-5-7-1-3-9-8(6-12(11)14)2-4-10(7)9/h1-4,7-14H,5-6H2. The van der Waals surface area contributed by atoms with Crippen LogP contribution in [-0.2, 0) is 0 Å². The Balaban J connectivity index is 1.92. The van der Waals surface area contributed by atoms with Crippen LogP contribution in [0, 0.1) is 23.7 Å². The SMILES string of the molecule is OC1CC2C=CC3C(C=CC23)CC1O. The number of hydrogen-bond acceptors (Lipinski definition) is 2. The summed E-state index contributed by atoms with van der Waals surface area (Å²) in [4.78, 5) is 0. The van der Waals surface area contributed by atoms with Gasteiger partial charge in [-0.3, -0.25) is 0 Å². The molecule has 76 valence electrons. The Morgan fingerprint density at radius 3 is 1.57 bits per heavy atom. The maximum absolute atomic E-state index is 9.75. The highest BCUT2D eigenvalue weighted by Crippen LogP contribution is 2.47. The minimum absolute atomic E-state index is 0.450. The first-order chi connectivity index (χ1) is 6.75. The van der Waals surface area contributed by atoms with Crippen LogP contribution in [0.4, 0.5) is 0 Å². The van der Waals surface area contributed by atoms with Crippen molar-refractivity contribution in [3.63, 3.8) is 0 Å². The van der Waals surface area contributed by atoms with E-state index in [-0.39, 0.29) is 0 Å². The van der Waals surface area contributed by atoms with E-state index in [4.69, 9.17) is 0 Å². The Hall–Kier alpha value is -0.600. The molecule has 2 N–H and O–H groups in total. The normalized spacial score (nSPS) is 54.7. The lowest BCUT2D eigenvalue weighted by Gasteiger charge is -2.30. The quantitative estimate of drug-likeness (QED) is 0.564. The first-order valence-electron chi connectivity index (χ1n) is 5.48. The van der Waals surface area contributed by atoms with E-state index in [2.05, 4.69) is 24.3 Å². The zero-order valence-electron chi connectivity index (χ0n) is 8.08. The molecule has 0 aromatic rings. The van der Waals surface area contributed by atoms with E-state index in [0.29, 0.717) is 23.7 Å². The Morgan fingerprint density at radius 1 is 0.714 bits per heavy atom. The second kappa shape index (κ2) is 2.94. The van der Waals surface area contributed by atoms with Gasteiger partial charge >= 0.3 is 0 Å². The fraction of sp³-hybridized carbons (Fsp3) is 0.667. The lowest BCUT2D eigenvalue weighted by Crippen LogP contribution is -2.34. The molecule has 6 unspecified atom stereocenters. The van der Waals surface area contributed by atoms with Gasteiger partial charge in [-0.15, -0.1) is 0 Å². The van der Waals surface area contributed by atoms with Gasteiger partial charge in [-0.2, -0.15) is 0 Å². The van der Waals surface area contributed by atoms with Gasteiger partial charge in [0, 0.05) is 0 Å². The lowest BCUT2D eigenvalue weighted by molar-refractivity contribution is -0.0152. The van der Waals surface area contributed by atoms with Crippen molar-refractivity contribution in [2.45, 2.75) is 25.0 Å². The molecule has 0 radical (unpaired) electrons. The molecule has 0 aromatic heterocycles. The van der Waals surface area contributed by atoms with E-state index < -0.39 is 12.2 Å². The molecule has 0 aliphatic heterocycles. The van der Waals surface area contributed by atoms with Crippen molar-refractivity contribution < 1.29 is 10.2 Å². The molecule has 4 bridgehead atoms. The molecule has 3 aliphatic carbocycles. The second-order valence-corrected chi connectivity index (χ2v) is 4.86. The summed E-state index contributed by atoms with van der Waals surface area (Å²) in [6, 6.07) is 0. The molecule has 1 saturated carbocycles. The maximum atomic E-state index is 9.75. The largest absolute Gasteiger partial charge is 0.390 e. The smallest absolute Gasteiger partial charge is 0.0805 e. The predicted octanol–water partition coefficient (Wildman–Crippen LogP) is 1.11. The van der Waals surface area contributed by atoms with Crippen LogP contribution in [0.1, 0.15) is 12.8 Å². The van der Waals surface area contributed by atoms with E-state index in [1.165, 1.54) is 0 Å². The summed E-state index contributed by atoms with van der Waals surface area (Å²) < 4.78 is 0. The van der Waals surface area contributed by atoms with E-state index in [1.807, 2.05) is 0 Å². The minimum atomic E-state index is -0.534. The number of allylic oxidation sites excluding steroid dienone is 4. The Labute approximate surface area is 83.9 Å². The van der Waals surface area contributed by atoms with Crippen LogP contribution >= 0.6 is 0 Å². The topological polar surface area (TPSA) is 40.5 Å². The molecule has 14 heavy (non-hydrogen) atoms. The summed E-state index contributed by atoms with van der Waals surface area (Å²) in [6.07, 6.45) is 9.39. The molecule has 3 rings (SSSR count). The fourth-order valence-corrected chi connectivity index (χ4v) is 3.25. The summed E-state index contributed by atoms with van der Waals surface area (Å²) in [5, 5.41) is 19.5. The van der Waals surface area contributed by atoms with E-state index in [1.54, 1.807) is 0 Å². The van der Waals surface area contributed by atoms with Crippen molar-refractivity contribution in [2.75, 3.05) is 0 Å². The molecule has 2 nitrogen and oxygen atoms in total. The zero-order valence-corrected chi connectivity index (χ0v) is 8.08. The molecule has 0 amide bonds. The van der Waals surface area contributed by atoms with Crippen molar-refractivity contribution >= 4 is 0 Å². The highest BCUT2D eigenvalue weighted by Gasteiger charge is 2.42. The Kier molecular flexibility index (Phi) is 1.83. The molecule has 0 aromatic carbocycles. The molecule has 1 fully saturated rings. The summed E-state index contributed by atoms with van der Waals surface area (Å²) in [5.41, 5.74) is 0. The van der Waals surface area contributed by atoms with Crippen molar-refractivity contribution in [3.05, 3.63) is 24.3 Å². The third-order valence-electron chi connectivity index (χ3n) is 4.07. The fourth-order valence-electron chi connectivity index (χ4n) is 3.25. The lowest BCUT2D eigenvalue weighted by atomic mass is 9.78. The maximum Gasteiger partial charge on any atom is 0.0805 e. The van der Waals surface area contributed by atoms with Crippen molar-refractivity contribution in [3.8, 4) is 0 Å². The molecule has 0 saturated heterocycles. The molecular formula is C12H16O2. The van der Waals surface area contributed by atoms with E-state index >= 15 is 0 Å². The van der Waals surface area contributed by atoms with Crippen LogP contribution in [0.2, 0.25) is 0 Å². The summed E-state index contributed by atoms with van der Waals surface area (Å²) in [6.45, 7) is 0. The molecule has 6 atom stereocenters. The first kappa shape index (κ1) is 8.69. The van der Waals surface area contributed by atoms with Gasteiger partial charge in [0.2, 0.25) is 0 Å². The van der Waals surface area contributed by atoms with Crippen LogP contribution in [0.15, 0.2) is 24.3 Å². The van der Waals surface area contributed by atoms with Gasteiger partial charge in [-0.1, -0.05) is 24.3 Å². The minimum Gasteiger partial charge on any atom is -0.390 e. The van der Waals surface area contributed by atoms with Crippen molar-refractivity contribution in [1.29, 1.82) is 0 Å². The average Bonchev–Trinajstić information content (AvgIpc) is 2.70. The molecule has 0 spiro atoms. The Bertz CT molecular complexity index is 265. The van der Waals surface area contributed by atoms with Crippen LogP contribution in [0.5, 0.6) is 0 Å². The summed E-state index contributed by atoms with van der Waals surface area (Å²) >= 11 is 0. The van der Waals surface area contributed by atoms with Crippen molar-refractivity contribution in [1.82, 2.24) is 0 Å². The number of hydrogen-bond donors (Lipinski definition) is 2. The van der Waals surface area contributed by atoms with Crippen LogP contribution < -0.4 is 0 Å². The molecule has 0 heterocycles. The highest BCUT2D eigenvalue weighted by atomic mass is 16.3. The molecule has 3 aliphatic rings. The van der Waals surface area contributed by atoms with Gasteiger partial charge in [0.05, 0.1) is 12.2 Å². The first-order valence-corrected chi connectivity index (χ1v) is 5.48. The van der Waals surface area contributed by atoms with E-state index in [9.17, 15) is 10.2 Å². The average molecular weight is 192 g/mol. The highest BCUT2D eigenvalue weighted by molar-refractivity contribution is 5.23. The van der Waals surface area contributed by atoms with Crippen LogP contribution in [0.3, 0.4) is 0 Å².